The molecule has 0 bridgehead atoms. The maximum atomic E-state index is 11.4. The van der Waals surface area contributed by atoms with E-state index in [9.17, 15) is 9.59 Å². The largest absolute Gasteiger partial charge is 0.338 e. The molecule has 0 aromatic heterocycles. The Kier molecular flexibility index (Phi) is 4.74. The zero-order valence-electron chi connectivity index (χ0n) is 8.17. The van der Waals surface area contributed by atoms with E-state index in [-0.39, 0.29) is 18.1 Å². The fourth-order valence-corrected chi connectivity index (χ4v) is 0.923. The zero-order valence-corrected chi connectivity index (χ0v) is 8.17. The molecule has 0 aromatic rings. The van der Waals surface area contributed by atoms with E-state index in [1.165, 1.54) is 11.8 Å². The molecular formula is C10H15NO2. The highest BCUT2D eigenvalue weighted by atomic mass is 16.2. The Labute approximate surface area is 78.7 Å². The van der Waals surface area contributed by atoms with Gasteiger partial charge in [-0.25, -0.2) is 0 Å². The maximum absolute atomic E-state index is 11.4. The van der Waals surface area contributed by atoms with E-state index in [1.807, 2.05) is 0 Å². The van der Waals surface area contributed by atoms with E-state index in [0.717, 1.165) is 0 Å². The van der Waals surface area contributed by atoms with Crippen LogP contribution in [0.2, 0.25) is 0 Å². The molecule has 1 amide bonds. The predicted molar refractivity (Wildman–Crippen MR) is 52.3 cm³/mol. The van der Waals surface area contributed by atoms with E-state index < -0.39 is 0 Å². The van der Waals surface area contributed by atoms with Crippen molar-refractivity contribution < 1.29 is 9.59 Å². The number of carbonyl (C=O) groups is 2. The van der Waals surface area contributed by atoms with Crippen molar-refractivity contribution in [3.05, 3.63) is 24.8 Å². The van der Waals surface area contributed by atoms with Gasteiger partial charge >= 0.3 is 0 Å². The molecule has 0 saturated heterocycles. The van der Waals surface area contributed by atoms with E-state index in [0.29, 0.717) is 12.1 Å². The monoisotopic (exact) mass is 181 g/mol. The van der Waals surface area contributed by atoms with Crippen LogP contribution < -0.4 is 0 Å². The van der Waals surface area contributed by atoms with Crippen molar-refractivity contribution in [2.45, 2.75) is 13.3 Å². The summed E-state index contributed by atoms with van der Waals surface area (Å²) in [5, 5.41) is 0. The highest BCUT2D eigenvalue weighted by Gasteiger charge is 2.12. The van der Waals surface area contributed by atoms with Crippen LogP contribution in [0.25, 0.3) is 0 Å². The lowest BCUT2D eigenvalue weighted by atomic mass is 10.1. The molecule has 0 N–H and O–H groups in total. The molecule has 0 fully saturated rings. The second-order valence-electron chi connectivity index (χ2n) is 2.96. The van der Waals surface area contributed by atoms with Crippen molar-refractivity contribution in [3.63, 3.8) is 0 Å². The lowest BCUT2D eigenvalue weighted by Gasteiger charge is -2.15. The summed E-state index contributed by atoms with van der Waals surface area (Å²) in [6, 6.07) is 0. The first-order valence-corrected chi connectivity index (χ1v) is 4.02. The first-order valence-electron chi connectivity index (χ1n) is 4.02. The molecule has 0 aliphatic rings. The topological polar surface area (TPSA) is 37.4 Å². The molecule has 0 unspecified atom stereocenters. The minimum absolute atomic E-state index is 0.0506. The normalized spacial score (nSPS) is 9.08. The second-order valence-corrected chi connectivity index (χ2v) is 2.96. The van der Waals surface area contributed by atoms with Gasteiger partial charge in [-0.3, -0.25) is 9.59 Å². The third-order valence-corrected chi connectivity index (χ3v) is 1.51. The summed E-state index contributed by atoms with van der Waals surface area (Å²) in [5.74, 6) is -0.250. The average molecular weight is 181 g/mol. The number of ketones is 1. The van der Waals surface area contributed by atoms with E-state index in [2.05, 4.69) is 13.2 Å². The molecule has 3 heteroatoms. The lowest BCUT2D eigenvalue weighted by molar-refractivity contribution is -0.127. The first-order chi connectivity index (χ1) is 5.99. The number of amides is 1. The number of Topliss-reactive ketones (excluding diaryl/α,β-unsaturated/α-hetero) is 1. The summed E-state index contributed by atoms with van der Waals surface area (Å²) in [5.41, 5.74) is 0.330. The Morgan fingerprint density at radius 2 is 2.00 bits per heavy atom. The van der Waals surface area contributed by atoms with Crippen LogP contribution in [0.1, 0.15) is 13.3 Å². The first kappa shape index (κ1) is 11.6. The Balaban J connectivity index is 4.17. The summed E-state index contributed by atoms with van der Waals surface area (Å²) >= 11 is 0. The number of rotatable bonds is 5. The highest BCUT2D eigenvalue weighted by molar-refractivity contribution is 5.97. The van der Waals surface area contributed by atoms with Crippen molar-refractivity contribution >= 4 is 11.7 Å². The Hall–Kier alpha value is -1.38. The number of carbonyl (C=O) groups excluding carboxylic acids is 2. The van der Waals surface area contributed by atoms with Crippen molar-refractivity contribution in [1.29, 1.82) is 0 Å². The quantitative estimate of drug-likeness (QED) is 0.471. The van der Waals surface area contributed by atoms with Crippen molar-refractivity contribution in [2.75, 3.05) is 13.6 Å². The summed E-state index contributed by atoms with van der Waals surface area (Å²) < 4.78 is 0. The minimum Gasteiger partial charge on any atom is -0.338 e. The van der Waals surface area contributed by atoms with Crippen molar-refractivity contribution in [3.8, 4) is 0 Å². The van der Waals surface area contributed by atoms with Crippen LogP contribution in [-0.2, 0) is 9.59 Å². The standard InChI is InChI=1S/C10H15NO2/c1-5-6-11(4)10(13)8(2)7-9(3)12/h5H,1-2,6-7H2,3-4H3. The Morgan fingerprint density at radius 1 is 1.46 bits per heavy atom. The van der Waals surface area contributed by atoms with Crippen LogP contribution in [-0.4, -0.2) is 30.2 Å². The van der Waals surface area contributed by atoms with E-state index in [1.54, 1.807) is 13.1 Å². The van der Waals surface area contributed by atoms with Gasteiger partial charge in [-0.05, 0) is 6.92 Å². The van der Waals surface area contributed by atoms with Gasteiger partial charge in [-0.1, -0.05) is 12.7 Å². The molecule has 13 heavy (non-hydrogen) atoms. The van der Waals surface area contributed by atoms with Gasteiger partial charge in [0.1, 0.15) is 5.78 Å². The molecular weight excluding hydrogens is 166 g/mol. The number of hydrogen-bond acceptors (Lipinski definition) is 2. The predicted octanol–water partition coefficient (Wildman–Crippen LogP) is 1.17. The molecule has 3 nitrogen and oxygen atoms in total. The van der Waals surface area contributed by atoms with Gasteiger partial charge in [0.15, 0.2) is 0 Å². The minimum atomic E-state index is -0.199. The van der Waals surface area contributed by atoms with Gasteiger partial charge in [0.05, 0.1) is 0 Å². The SMILES string of the molecule is C=CCN(C)C(=O)C(=C)CC(C)=O. The molecule has 0 radical (unpaired) electrons. The fourth-order valence-electron chi connectivity index (χ4n) is 0.923. The van der Waals surface area contributed by atoms with E-state index in [4.69, 9.17) is 0 Å². The average Bonchev–Trinajstić information content (AvgIpc) is 2.02. The third-order valence-electron chi connectivity index (χ3n) is 1.51. The van der Waals surface area contributed by atoms with Crippen LogP contribution in [0.4, 0.5) is 0 Å². The summed E-state index contributed by atoms with van der Waals surface area (Å²) in [6.45, 7) is 8.97. The summed E-state index contributed by atoms with van der Waals surface area (Å²) in [6.07, 6.45) is 1.75. The van der Waals surface area contributed by atoms with Gasteiger partial charge in [0, 0.05) is 25.6 Å². The van der Waals surface area contributed by atoms with Gasteiger partial charge in [0.25, 0.3) is 0 Å². The van der Waals surface area contributed by atoms with Gasteiger partial charge < -0.3 is 4.90 Å². The molecule has 0 saturated carbocycles. The molecule has 0 spiro atoms. The molecule has 0 atom stereocenters. The third kappa shape index (κ3) is 4.25. The molecule has 0 rings (SSSR count). The number of likely N-dealkylation sites (N-methyl/N-ethyl adjacent to an activating group) is 1. The highest BCUT2D eigenvalue weighted by Crippen LogP contribution is 2.03. The van der Waals surface area contributed by atoms with Gasteiger partial charge in [-0.2, -0.15) is 0 Å². The molecule has 0 heterocycles. The molecule has 0 aliphatic heterocycles. The smallest absolute Gasteiger partial charge is 0.249 e. The van der Waals surface area contributed by atoms with Crippen LogP contribution >= 0.6 is 0 Å². The van der Waals surface area contributed by atoms with Crippen molar-refractivity contribution in [2.24, 2.45) is 0 Å². The Bertz CT molecular complexity index is 243. The zero-order chi connectivity index (χ0) is 10.4. The maximum Gasteiger partial charge on any atom is 0.249 e. The van der Waals surface area contributed by atoms with E-state index >= 15 is 0 Å². The molecule has 0 aliphatic carbocycles. The molecule has 72 valence electrons. The summed E-state index contributed by atoms with van der Waals surface area (Å²) in [4.78, 5) is 23.6. The fraction of sp³-hybridized carbons (Fsp3) is 0.400. The van der Waals surface area contributed by atoms with Crippen LogP contribution in [0.5, 0.6) is 0 Å². The van der Waals surface area contributed by atoms with Crippen LogP contribution in [0, 0.1) is 0 Å². The lowest BCUT2D eigenvalue weighted by Crippen LogP contribution is -2.28. The van der Waals surface area contributed by atoms with Gasteiger partial charge in [0.2, 0.25) is 5.91 Å². The van der Waals surface area contributed by atoms with Crippen molar-refractivity contribution in [1.82, 2.24) is 4.90 Å². The summed E-state index contributed by atoms with van der Waals surface area (Å²) in [7, 11) is 1.65. The number of nitrogens with zero attached hydrogens (tertiary/aromatic N) is 1. The van der Waals surface area contributed by atoms with Crippen LogP contribution in [0.3, 0.4) is 0 Å². The Morgan fingerprint density at radius 3 is 2.38 bits per heavy atom. The number of hydrogen-bond donors (Lipinski definition) is 0. The van der Waals surface area contributed by atoms with Gasteiger partial charge in [-0.15, -0.1) is 6.58 Å². The van der Waals surface area contributed by atoms with Crippen LogP contribution in [0.15, 0.2) is 24.8 Å². The molecule has 0 aromatic carbocycles. The second kappa shape index (κ2) is 5.30.